The first-order valence-corrected chi connectivity index (χ1v) is 16.9. The van der Waals surface area contributed by atoms with Crippen LogP contribution in [0.25, 0.3) is 22.0 Å². The van der Waals surface area contributed by atoms with Crippen molar-refractivity contribution in [1.29, 1.82) is 0 Å². The van der Waals surface area contributed by atoms with Crippen LogP contribution in [0.15, 0.2) is 107 Å². The molecule has 0 N–H and O–H groups in total. The van der Waals surface area contributed by atoms with Crippen molar-refractivity contribution in [3.8, 4) is 11.1 Å². The fourth-order valence-corrected chi connectivity index (χ4v) is 6.75. The maximum atomic E-state index is 14.5. The zero-order valence-electron chi connectivity index (χ0n) is 27.1. The van der Waals surface area contributed by atoms with Gasteiger partial charge in [-0.25, -0.2) is 8.78 Å². The van der Waals surface area contributed by atoms with Gasteiger partial charge in [0.1, 0.15) is 6.54 Å². The van der Waals surface area contributed by atoms with E-state index in [9.17, 15) is 31.5 Å². The third kappa shape index (κ3) is 8.58. The van der Waals surface area contributed by atoms with Gasteiger partial charge in [0, 0.05) is 42.4 Å². The molecule has 0 bridgehead atoms. The molecule has 0 saturated heterocycles. The number of rotatable bonds is 13. The van der Waals surface area contributed by atoms with E-state index >= 15 is 0 Å². The number of hydrogen-bond donors (Lipinski definition) is 0. The number of hydrogen-bond acceptors (Lipinski definition) is 4. The number of halogens is 5. The highest BCUT2D eigenvalue weighted by Gasteiger charge is 2.30. The highest BCUT2D eigenvalue weighted by Crippen LogP contribution is 2.33. The lowest BCUT2D eigenvalue weighted by Gasteiger charge is -2.28. The van der Waals surface area contributed by atoms with Crippen molar-refractivity contribution in [3.63, 3.8) is 0 Å². The van der Waals surface area contributed by atoms with Crippen LogP contribution in [0.1, 0.15) is 30.5 Å². The van der Waals surface area contributed by atoms with Crippen LogP contribution >= 0.6 is 11.8 Å². The molecule has 5 aromatic rings. The molecule has 5 rings (SSSR count). The fraction of sp³-hybridized carbons (Fsp3) is 0.263. The van der Waals surface area contributed by atoms with Crippen LogP contribution in [0.2, 0.25) is 0 Å². The Morgan fingerprint density at radius 1 is 0.816 bits per heavy atom. The summed E-state index contributed by atoms with van der Waals surface area (Å²) in [4.78, 5) is 31.3. The molecule has 0 spiro atoms. The molecule has 49 heavy (non-hydrogen) atoms. The molecule has 256 valence electrons. The molecular formula is C38H36F5N3O2S. The van der Waals surface area contributed by atoms with Crippen molar-refractivity contribution in [2.45, 2.75) is 43.9 Å². The van der Waals surface area contributed by atoms with E-state index in [0.29, 0.717) is 40.1 Å². The zero-order chi connectivity index (χ0) is 35.1. The highest BCUT2D eigenvalue weighted by molar-refractivity contribution is 7.98. The normalized spacial score (nSPS) is 11.8. The van der Waals surface area contributed by atoms with Crippen LogP contribution in [0, 0.1) is 11.6 Å². The fourth-order valence-electron chi connectivity index (χ4n) is 5.71. The lowest BCUT2D eigenvalue weighted by molar-refractivity contribution is -0.137. The van der Waals surface area contributed by atoms with Gasteiger partial charge in [0.2, 0.25) is 5.91 Å². The third-order valence-corrected chi connectivity index (χ3v) is 9.61. The minimum Gasteiger partial charge on any atom is -0.336 e. The average molecular weight is 694 g/mol. The minimum absolute atomic E-state index is 0.0295. The molecule has 0 fully saturated rings. The number of alkyl halides is 3. The molecule has 1 aromatic heterocycles. The topological polar surface area (TPSA) is 45.5 Å². The lowest BCUT2D eigenvalue weighted by Crippen LogP contribution is -2.40. The Morgan fingerprint density at radius 3 is 2.20 bits per heavy atom. The maximum Gasteiger partial charge on any atom is 0.416 e. The summed E-state index contributed by atoms with van der Waals surface area (Å²) in [5.41, 5.74) is 1.71. The Balaban J connectivity index is 1.50. The number of pyridine rings is 1. The summed E-state index contributed by atoms with van der Waals surface area (Å²) in [6.45, 7) is 6.64. The first-order chi connectivity index (χ1) is 23.5. The summed E-state index contributed by atoms with van der Waals surface area (Å²) >= 11 is 1.13. The van der Waals surface area contributed by atoms with Crippen molar-refractivity contribution in [3.05, 3.63) is 136 Å². The molecule has 0 aliphatic heterocycles. The van der Waals surface area contributed by atoms with E-state index in [1.54, 1.807) is 39.8 Å². The SMILES string of the molecule is CCN(CC)CCN(Cc1ccccc1-c1ccc(C(F)(F)F)cc1)C(=O)Cn1c(SCc2cccc(F)c2F)cc(=O)c2ccccc21. The number of benzene rings is 4. The van der Waals surface area contributed by atoms with E-state index in [0.717, 1.165) is 48.6 Å². The van der Waals surface area contributed by atoms with Crippen molar-refractivity contribution >= 4 is 28.6 Å². The first kappa shape index (κ1) is 35.8. The molecule has 0 saturated carbocycles. The summed E-state index contributed by atoms with van der Waals surface area (Å²) in [6.07, 6.45) is -4.46. The van der Waals surface area contributed by atoms with Crippen molar-refractivity contribution < 1.29 is 26.7 Å². The van der Waals surface area contributed by atoms with Crippen LogP contribution in [0.5, 0.6) is 0 Å². The van der Waals surface area contributed by atoms with Crippen LogP contribution < -0.4 is 5.43 Å². The van der Waals surface area contributed by atoms with Gasteiger partial charge in [-0.1, -0.05) is 74.5 Å². The molecule has 4 aromatic carbocycles. The summed E-state index contributed by atoms with van der Waals surface area (Å²) < 4.78 is 70.0. The van der Waals surface area contributed by atoms with Crippen LogP contribution in [0.4, 0.5) is 22.0 Å². The summed E-state index contributed by atoms with van der Waals surface area (Å²) in [5.74, 6) is -2.15. The van der Waals surface area contributed by atoms with Gasteiger partial charge in [-0.3, -0.25) is 9.59 Å². The summed E-state index contributed by atoms with van der Waals surface area (Å²) in [6, 6.07) is 24.5. The predicted molar refractivity (Wildman–Crippen MR) is 184 cm³/mol. The number of amides is 1. The van der Waals surface area contributed by atoms with Crippen molar-refractivity contribution in [2.24, 2.45) is 0 Å². The molecule has 11 heteroatoms. The van der Waals surface area contributed by atoms with Gasteiger partial charge in [0.15, 0.2) is 17.1 Å². The third-order valence-electron chi connectivity index (χ3n) is 8.52. The smallest absolute Gasteiger partial charge is 0.336 e. The van der Waals surface area contributed by atoms with Gasteiger partial charge in [-0.05, 0) is 60.1 Å². The molecule has 0 unspecified atom stereocenters. The summed E-state index contributed by atoms with van der Waals surface area (Å²) in [7, 11) is 0. The standard InChI is InChI=1S/C38H36F5N3O2S/c1-3-44(4-2)20-21-45(23-27-10-5-6-12-30(27)26-16-18-29(19-17-26)38(41,42)43)35(48)24-46-33-15-8-7-13-31(33)34(47)22-36(46)49-25-28-11-9-14-32(39)37(28)40/h5-19,22H,3-4,20-21,23-25H2,1-2H3. The molecular weight excluding hydrogens is 657 g/mol. The Bertz CT molecular complexity index is 1970. The lowest BCUT2D eigenvalue weighted by atomic mass is 9.98. The first-order valence-electron chi connectivity index (χ1n) is 15.9. The second-order valence-corrected chi connectivity index (χ2v) is 12.5. The van der Waals surface area contributed by atoms with Crippen molar-refractivity contribution in [1.82, 2.24) is 14.4 Å². The molecule has 0 radical (unpaired) electrons. The van der Waals surface area contributed by atoms with E-state index in [1.807, 2.05) is 32.0 Å². The number of carbonyl (C=O) groups is 1. The molecule has 1 heterocycles. The van der Waals surface area contributed by atoms with Gasteiger partial charge in [0.05, 0.1) is 16.1 Å². The van der Waals surface area contributed by atoms with Crippen molar-refractivity contribution in [2.75, 3.05) is 26.2 Å². The van der Waals surface area contributed by atoms with Crippen LogP contribution in [-0.2, 0) is 29.8 Å². The molecule has 0 aliphatic carbocycles. The Kier molecular flexibility index (Phi) is 11.6. The van der Waals surface area contributed by atoms with Gasteiger partial charge in [0.25, 0.3) is 0 Å². The number of thioether (sulfide) groups is 1. The zero-order valence-corrected chi connectivity index (χ0v) is 28.0. The Hall–Kier alpha value is -4.48. The summed E-state index contributed by atoms with van der Waals surface area (Å²) in [5, 5.41) is 0.841. The highest BCUT2D eigenvalue weighted by atomic mass is 32.2. The molecule has 0 atom stereocenters. The molecule has 0 aliphatic rings. The minimum atomic E-state index is -4.46. The van der Waals surface area contributed by atoms with Gasteiger partial charge >= 0.3 is 6.18 Å². The monoisotopic (exact) mass is 693 g/mol. The van der Waals surface area contributed by atoms with E-state index in [-0.39, 0.29) is 35.7 Å². The Morgan fingerprint density at radius 2 is 1.49 bits per heavy atom. The van der Waals surface area contributed by atoms with E-state index in [1.165, 1.54) is 30.3 Å². The predicted octanol–water partition coefficient (Wildman–Crippen LogP) is 8.63. The Labute approximate surface area is 286 Å². The molecule has 5 nitrogen and oxygen atoms in total. The van der Waals surface area contributed by atoms with E-state index in [2.05, 4.69) is 4.90 Å². The van der Waals surface area contributed by atoms with E-state index in [4.69, 9.17) is 0 Å². The van der Waals surface area contributed by atoms with Gasteiger partial charge in [-0.15, -0.1) is 11.8 Å². The average Bonchev–Trinajstić information content (AvgIpc) is 3.10. The largest absolute Gasteiger partial charge is 0.416 e. The number of carbonyl (C=O) groups excluding carboxylic acids is 1. The number of likely N-dealkylation sites (N-methyl/N-ethyl adjacent to an activating group) is 1. The van der Waals surface area contributed by atoms with Crippen LogP contribution in [-0.4, -0.2) is 46.5 Å². The number of para-hydroxylation sites is 1. The van der Waals surface area contributed by atoms with Gasteiger partial charge in [-0.2, -0.15) is 13.2 Å². The molecule has 1 amide bonds. The number of fused-ring (bicyclic) bond motifs is 1. The van der Waals surface area contributed by atoms with Crippen LogP contribution in [0.3, 0.4) is 0 Å². The van der Waals surface area contributed by atoms with Gasteiger partial charge < -0.3 is 14.4 Å². The second kappa shape index (κ2) is 15.8. The second-order valence-electron chi connectivity index (χ2n) is 11.5. The van der Waals surface area contributed by atoms with E-state index < -0.39 is 23.4 Å². The maximum absolute atomic E-state index is 14.5. The number of nitrogens with zero attached hydrogens (tertiary/aromatic N) is 3. The quantitative estimate of drug-likeness (QED) is 0.0916. The number of aromatic nitrogens is 1.